The second-order valence-corrected chi connectivity index (χ2v) is 5.07. The summed E-state index contributed by atoms with van der Waals surface area (Å²) in [5.74, 6) is -0.357. The van der Waals surface area contributed by atoms with Gasteiger partial charge in [0.15, 0.2) is 6.10 Å². The molecule has 2 heterocycles. The zero-order chi connectivity index (χ0) is 13.8. The number of aryl methyl sites for hydroxylation is 1. The van der Waals surface area contributed by atoms with Crippen LogP contribution >= 0.6 is 11.3 Å². The summed E-state index contributed by atoms with van der Waals surface area (Å²) < 4.78 is 4.87. The summed E-state index contributed by atoms with van der Waals surface area (Å²) in [6.45, 7) is 2.24. The number of anilines is 1. The largest absolute Gasteiger partial charge is 0.479 e. The molecule has 0 aliphatic rings. The topological polar surface area (TPSA) is 84.3 Å². The minimum absolute atomic E-state index is 0.162. The van der Waals surface area contributed by atoms with Gasteiger partial charge in [-0.3, -0.25) is 0 Å². The molecule has 0 spiro atoms. The van der Waals surface area contributed by atoms with Crippen molar-refractivity contribution in [3.63, 3.8) is 0 Å². The van der Waals surface area contributed by atoms with Crippen LogP contribution in [0.15, 0.2) is 12.4 Å². The zero-order valence-corrected chi connectivity index (χ0v) is 11.5. The van der Waals surface area contributed by atoms with E-state index in [0.29, 0.717) is 5.82 Å². The first-order valence-electron chi connectivity index (χ1n) is 5.88. The Morgan fingerprint density at radius 1 is 1.58 bits per heavy atom. The van der Waals surface area contributed by atoms with E-state index in [1.54, 1.807) is 11.3 Å². The Kier molecular flexibility index (Phi) is 4.28. The van der Waals surface area contributed by atoms with Crippen molar-refractivity contribution >= 4 is 33.3 Å². The van der Waals surface area contributed by atoms with E-state index in [1.807, 2.05) is 6.07 Å². The molecule has 0 radical (unpaired) electrons. The molecule has 0 saturated carbocycles. The highest BCUT2D eigenvalue weighted by atomic mass is 32.1. The normalized spacial score (nSPS) is 12.5. The van der Waals surface area contributed by atoms with Gasteiger partial charge in [0.05, 0.1) is 11.9 Å². The fourth-order valence-corrected chi connectivity index (χ4v) is 2.62. The zero-order valence-electron chi connectivity index (χ0n) is 10.7. The van der Waals surface area contributed by atoms with Crippen LogP contribution in [-0.2, 0) is 16.0 Å². The molecule has 19 heavy (non-hydrogen) atoms. The molecule has 2 N–H and O–H groups in total. The Labute approximate surface area is 114 Å². The molecule has 2 aromatic heterocycles. The van der Waals surface area contributed by atoms with Crippen molar-refractivity contribution < 1.29 is 14.6 Å². The average molecular weight is 281 g/mol. The SMILES string of the molecule is CCc1cc2c(NCC(OC)C(=O)O)ncnc2s1. The molecule has 6 nitrogen and oxygen atoms in total. The first kappa shape index (κ1) is 13.7. The molecule has 0 fully saturated rings. The Morgan fingerprint density at radius 2 is 2.37 bits per heavy atom. The lowest BCUT2D eigenvalue weighted by molar-refractivity contribution is -0.147. The predicted molar refractivity (Wildman–Crippen MR) is 73.7 cm³/mol. The summed E-state index contributed by atoms with van der Waals surface area (Å²) in [7, 11) is 1.37. The van der Waals surface area contributed by atoms with Crippen LogP contribution in [0.4, 0.5) is 5.82 Å². The number of carbonyl (C=O) groups is 1. The number of rotatable bonds is 6. The molecule has 1 atom stereocenters. The van der Waals surface area contributed by atoms with Gasteiger partial charge >= 0.3 is 5.97 Å². The Balaban J connectivity index is 2.20. The van der Waals surface area contributed by atoms with Crippen LogP contribution in [0.5, 0.6) is 0 Å². The molecule has 0 saturated heterocycles. The van der Waals surface area contributed by atoms with Crippen molar-refractivity contribution in [2.45, 2.75) is 19.4 Å². The van der Waals surface area contributed by atoms with E-state index in [4.69, 9.17) is 9.84 Å². The molecule has 7 heteroatoms. The van der Waals surface area contributed by atoms with Gasteiger partial charge in [-0.25, -0.2) is 14.8 Å². The highest BCUT2D eigenvalue weighted by Crippen LogP contribution is 2.28. The third-order valence-corrected chi connectivity index (χ3v) is 3.93. The van der Waals surface area contributed by atoms with Gasteiger partial charge in [-0.15, -0.1) is 11.3 Å². The summed E-state index contributed by atoms with van der Waals surface area (Å²) in [6, 6.07) is 2.03. The molecule has 0 aromatic carbocycles. The summed E-state index contributed by atoms with van der Waals surface area (Å²) in [5, 5.41) is 12.8. The van der Waals surface area contributed by atoms with Crippen molar-refractivity contribution in [3.8, 4) is 0 Å². The molecule has 2 rings (SSSR count). The van der Waals surface area contributed by atoms with Gasteiger partial charge in [0.25, 0.3) is 0 Å². The third kappa shape index (κ3) is 2.99. The molecular weight excluding hydrogens is 266 g/mol. The number of methoxy groups -OCH3 is 1. The fourth-order valence-electron chi connectivity index (χ4n) is 1.68. The summed E-state index contributed by atoms with van der Waals surface area (Å²) >= 11 is 1.62. The smallest absolute Gasteiger partial charge is 0.334 e. The minimum Gasteiger partial charge on any atom is -0.479 e. The summed E-state index contributed by atoms with van der Waals surface area (Å²) in [4.78, 5) is 21.4. The lowest BCUT2D eigenvalue weighted by Gasteiger charge is -2.12. The Hall–Kier alpha value is -1.73. The Bertz CT molecular complexity index is 585. The van der Waals surface area contributed by atoms with Gasteiger partial charge in [-0.2, -0.15) is 0 Å². The van der Waals surface area contributed by atoms with Crippen LogP contribution in [0, 0.1) is 0 Å². The van der Waals surface area contributed by atoms with Gasteiger partial charge in [0.1, 0.15) is 17.0 Å². The van der Waals surface area contributed by atoms with Gasteiger partial charge in [-0.05, 0) is 12.5 Å². The molecule has 0 aliphatic heterocycles. The van der Waals surface area contributed by atoms with Gasteiger partial charge in [0.2, 0.25) is 0 Å². The lowest BCUT2D eigenvalue weighted by Crippen LogP contribution is -2.30. The first-order valence-corrected chi connectivity index (χ1v) is 6.70. The van der Waals surface area contributed by atoms with E-state index < -0.39 is 12.1 Å². The van der Waals surface area contributed by atoms with Crippen LogP contribution in [0.25, 0.3) is 10.2 Å². The number of thiophene rings is 1. The van der Waals surface area contributed by atoms with Crippen LogP contribution in [0.3, 0.4) is 0 Å². The predicted octanol–water partition coefficient (Wildman–Crippen LogP) is 1.77. The van der Waals surface area contributed by atoms with Crippen molar-refractivity contribution in [2.75, 3.05) is 19.0 Å². The quantitative estimate of drug-likeness (QED) is 0.839. The molecule has 0 bridgehead atoms. The Morgan fingerprint density at radius 3 is 3.00 bits per heavy atom. The fraction of sp³-hybridized carbons (Fsp3) is 0.417. The highest BCUT2D eigenvalue weighted by molar-refractivity contribution is 7.18. The number of hydrogen-bond acceptors (Lipinski definition) is 6. The molecular formula is C12H15N3O3S. The van der Waals surface area contributed by atoms with E-state index in [9.17, 15) is 4.79 Å². The number of aromatic nitrogens is 2. The minimum atomic E-state index is -1.00. The number of nitrogens with zero attached hydrogens (tertiary/aromatic N) is 2. The number of fused-ring (bicyclic) bond motifs is 1. The molecule has 0 amide bonds. The number of aliphatic carboxylic acids is 1. The second kappa shape index (κ2) is 5.94. The summed E-state index contributed by atoms with van der Waals surface area (Å²) in [6.07, 6.45) is 1.52. The number of carboxylic acids is 1. The van der Waals surface area contributed by atoms with E-state index in [-0.39, 0.29) is 6.54 Å². The maximum Gasteiger partial charge on any atom is 0.334 e. The maximum absolute atomic E-state index is 10.9. The van der Waals surface area contributed by atoms with Gasteiger partial charge in [-0.1, -0.05) is 6.92 Å². The van der Waals surface area contributed by atoms with Crippen LogP contribution in [0.1, 0.15) is 11.8 Å². The van der Waals surface area contributed by atoms with Crippen molar-refractivity contribution in [1.29, 1.82) is 0 Å². The third-order valence-electron chi connectivity index (χ3n) is 2.74. The monoisotopic (exact) mass is 281 g/mol. The number of ether oxygens (including phenoxy) is 1. The van der Waals surface area contributed by atoms with Crippen LogP contribution in [-0.4, -0.2) is 40.8 Å². The lowest BCUT2D eigenvalue weighted by atomic mass is 10.3. The highest BCUT2D eigenvalue weighted by Gasteiger charge is 2.17. The molecule has 102 valence electrons. The molecule has 0 aliphatic carbocycles. The van der Waals surface area contributed by atoms with E-state index in [0.717, 1.165) is 16.6 Å². The van der Waals surface area contributed by atoms with E-state index >= 15 is 0 Å². The first-order chi connectivity index (χ1) is 9.15. The standard InChI is InChI=1S/C12H15N3O3S/c1-3-7-4-8-10(14-6-15-11(8)19-7)13-5-9(18-2)12(16)17/h4,6,9H,3,5H2,1-2H3,(H,16,17)(H,13,14,15). The van der Waals surface area contributed by atoms with Crippen molar-refractivity contribution in [1.82, 2.24) is 9.97 Å². The molecule has 2 aromatic rings. The van der Waals surface area contributed by atoms with E-state index in [1.165, 1.54) is 18.3 Å². The van der Waals surface area contributed by atoms with Gasteiger partial charge < -0.3 is 15.2 Å². The van der Waals surface area contributed by atoms with Crippen LogP contribution in [0.2, 0.25) is 0 Å². The summed E-state index contributed by atoms with van der Waals surface area (Å²) in [5.41, 5.74) is 0. The number of nitrogens with one attached hydrogen (secondary N) is 1. The van der Waals surface area contributed by atoms with E-state index in [2.05, 4.69) is 22.2 Å². The number of hydrogen-bond donors (Lipinski definition) is 2. The maximum atomic E-state index is 10.9. The molecule has 1 unspecified atom stereocenters. The van der Waals surface area contributed by atoms with Gasteiger partial charge in [0, 0.05) is 12.0 Å². The van der Waals surface area contributed by atoms with Crippen molar-refractivity contribution in [2.24, 2.45) is 0 Å². The van der Waals surface area contributed by atoms with Crippen LogP contribution < -0.4 is 5.32 Å². The average Bonchev–Trinajstić information content (AvgIpc) is 2.82. The van der Waals surface area contributed by atoms with Crippen molar-refractivity contribution in [3.05, 3.63) is 17.3 Å². The number of carboxylic acid groups (broad SMARTS) is 1. The second-order valence-electron chi connectivity index (χ2n) is 3.95.